The monoisotopic (exact) mass is 259 g/mol. The number of nitrogens with zero attached hydrogens (tertiary/aromatic N) is 1. The van der Waals surface area contributed by atoms with Crippen molar-refractivity contribution in [3.63, 3.8) is 0 Å². The van der Waals surface area contributed by atoms with Gasteiger partial charge >= 0.3 is 6.03 Å². The van der Waals surface area contributed by atoms with E-state index < -0.39 is 21.7 Å². The Hall–Kier alpha value is -1.96. The standard InChI is InChI=1S/C9H10FN3O3S/c1-17(15,16)7-3-2-6(8(10)4-7)5-12-13-9(11)14/h2-5H,1H3,(H3,11,13,14). The second-order valence-electron chi connectivity index (χ2n) is 3.19. The molecule has 0 heterocycles. The van der Waals surface area contributed by atoms with Crippen LogP contribution in [0.15, 0.2) is 28.2 Å². The van der Waals surface area contributed by atoms with Crippen molar-refractivity contribution < 1.29 is 17.6 Å². The smallest absolute Gasteiger partial charge is 0.332 e. The van der Waals surface area contributed by atoms with Crippen LogP contribution >= 0.6 is 0 Å². The van der Waals surface area contributed by atoms with Crippen LogP contribution in [0.1, 0.15) is 5.56 Å². The Labute approximate surface area is 97.2 Å². The molecule has 0 bridgehead atoms. The third-order valence-corrected chi connectivity index (χ3v) is 2.89. The zero-order chi connectivity index (χ0) is 13.1. The molecule has 0 aliphatic carbocycles. The van der Waals surface area contributed by atoms with Crippen LogP contribution in [0.4, 0.5) is 9.18 Å². The van der Waals surface area contributed by atoms with Gasteiger partial charge in [-0.3, -0.25) is 0 Å². The van der Waals surface area contributed by atoms with Crippen molar-refractivity contribution in [2.75, 3.05) is 6.26 Å². The largest absolute Gasteiger partial charge is 0.350 e. The van der Waals surface area contributed by atoms with E-state index in [1.807, 2.05) is 5.43 Å². The lowest BCUT2D eigenvalue weighted by molar-refractivity contribution is 0.249. The molecule has 0 saturated heterocycles. The molecule has 2 amide bonds. The van der Waals surface area contributed by atoms with Crippen molar-refractivity contribution in [3.8, 4) is 0 Å². The molecule has 6 nitrogen and oxygen atoms in total. The molecule has 92 valence electrons. The lowest BCUT2D eigenvalue weighted by Gasteiger charge is -2.00. The normalized spacial score (nSPS) is 11.6. The SMILES string of the molecule is CS(=O)(=O)c1ccc(C=NNC(N)=O)c(F)c1. The van der Waals surface area contributed by atoms with Crippen LogP contribution < -0.4 is 11.2 Å². The molecule has 0 aliphatic rings. The van der Waals surface area contributed by atoms with Gasteiger partial charge in [-0.15, -0.1) is 0 Å². The van der Waals surface area contributed by atoms with Crippen molar-refractivity contribution >= 4 is 22.1 Å². The summed E-state index contributed by atoms with van der Waals surface area (Å²) in [5, 5.41) is 3.35. The Morgan fingerprint density at radius 3 is 2.65 bits per heavy atom. The highest BCUT2D eigenvalue weighted by Gasteiger charge is 2.09. The molecule has 1 aromatic rings. The third kappa shape index (κ3) is 3.83. The van der Waals surface area contributed by atoms with Crippen LogP contribution in [0.3, 0.4) is 0 Å². The number of primary amides is 1. The van der Waals surface area contributed by atoms with Gasteiger partial charge < -0.3 is 5.73 Å². The molecule has 0 aromatic heterocycles. The maximum absolute atomic E-state index is 13.4. The van der Waals surface area contributed by atoms with Gasteiger partial charge in [-0.05, 0) is 18.2 Å². The number of carbonyl (C=O) groups is 1. The number of amides is 2. The molecule has 0 radical (unpaired) electrons. The number of halogens is 1. The fraction of sp³-hybridized carbons (Fsp3) is 0.111. The van der Waals surface area contributed by atoms with Gasteiger partial charge in [0.1, 0.15) is 5.82 Å². The number of hydrogen-bond acceptors (Lipinski definition) is 4. The zero-order valence-corrected chi connectivity index (χ0v) is 9.66. The molecular weight excluding hydrogens is 249 g/mol. The third-order valence-electron chi connectivity index (χ3n) is 1.78. The minimum absolute atomic E-state index is 0.0335. The number of rotatable bonds is 3. The quantitative estimate of drug-likeness (QED) is 0.600. The fourth-order valence-electron chi connectivity index (χ4n) is 1.01. The molecule has 1 aromatic carbocycles. The molecule has 0 aliphatic heterocycles. The van der Waals surface area contributed by atoms with E-state index in [9.17, 15) is 17.6 Å². The molecule has 8 heteroatoms. The van der Waals surface area contributed by atoms with E-state index in [4.69, 9.17) is 5.73 Å². The van der Waals surface area contributed by atoms with E-state index in [0.717, 1.165) is 18.5 Å². The van der Waals surface area contributed by atoms with Crippen molar-refractivity contribution in [2.45, 2.75) is 4.90 Å². The zero-order valence-electron chi connectivity index (χ0n) is 8.84. The maximum atomic E-state index is 13.4. The Bertz CT molecular complexity index is 569. The van der Waals surface area contributed by atoms with Gasteiger partial charge in [0.2, 0.25) is 0 Å². The number of carbonyl (C=O) groups excluding carboxylic acids is 1. The summed E-state index contributed by atoms with van der Waals surface area (Å²) in [6.07, 6.45) is 2.00. The van der Waals surface area contributed by atoms with Crippen molar-refractivity contribution in [1.29, 1.82) is 0 Å². The molecule has 0 atom stereocenters. The summed E-state index contributed by atoms with van der Waals surface area (Å²) in [5.41, 5.74) is 6.66. The first-order chi connectivity index (χ1) is 7.80. The van der Waals surface area contributed by atoms with Crippen LogP contribution in [0.25, 0.3) is 0 Å². The first-order valence-corrected chi connectivity index (χ1v) is 6.28. The molecule has 0 unspecified atom stereocenters. The minimum Gasteiger partial charge on any atom is -0.350 e. The number of benzene rings is 1. The van der Waals surface area contributed by atoms with Crippen molar-refractivity contribution in [2.24, 2.45) is 10.8 Å². The molecule has 0 spiro atoms. The summed E-state index contributed by atoms with van der Waals surface area (Å²) in [4.78, 5) is 10.2. The van der Waals surface area contributed by atoms with Crippen LogP contribution in [0.5, 0.6) is 0 Å². The summed E-state index contributed by atoms with van der Waals surface area (Å²) in [5.74, 6) is -0.761. The highest BCUT2D eigenvalue weighted by atomic mass is 32.2. The summed E-state index contributed by atoms with van der Waals surface area (Å²) in [6, 6.07) is 2.47. The predicted octanol–water partition coefficient (Wildman–Crippen LogP) is 0.231. The number of nitrogens with one attached hydrogen (secondary N) is 1. The predicted molar refractivity (Wildman–Crippen MR) is 59.8 cm³/mol. The second-order valence-corrected chi connectivity index (χ2v) is 5.21. The van der Waals surface area contributed by atoms with E-state index in [1.54, 1.807) is 0 Å². The van der Waals surface area contributed by atoms with Crippen LogP contribution in [0.2, 0.25) is 0 Å². The number of hydrazone groups is 1. The Balaban J connectivity index is 2.99. The van der Waals surface area contributed by atoms with Crippen LogP contribution in [0, 0.1) is 5.82 Å². The van der Waals surface area contributed by atoms with Gasteiger partial charge in [0.05, 0.1) is 11.1 Å². The number of urea groups is 1. The van der Waals surface area contributed by atoms with Crippen molar-refractivity contribution in [1.82, 2.24) is 5.43 Å². The van der Waals surface area contributed by atoms with E-state index in [2.05, 4.69) is 5.10 Å². The van der Waals surface area contributed by atoms with Gasteiger partial charge in [0.25, 0.3) is 0 Å². The fourth-order valence-corrected chi connectivity index (χ4v) is 1.64. The second kappa shape index (κ2) is 4.91. The lowest BCUT2D eigenvalue weighted by atomic mass is 10.2. The molecule has 0 saturated carbocycles. The van der Waals surface area contributed by atoms with Gasteiger partial charge in [0.15, 0.2) is 9.84 Å². The summed E-state index contributed by atoms with van der Waals surface area (Å²) in [6.45, 7) is 0. The van der Waals surface area contributed by atoms with E-state index >= 15 is 0 Å². The number of nitrogens with two attached hydrogens (primary N) is 1. The number of hydrogen-bond donors (Lipinski definition) is 2. The van der Waals surface area contributed by atoms with Gasteiger partial charge in [-0.1, -0.05) is 0 Å². The summed E-state index contributed by atoms with van der Waals surface area (Å²) < 4.78 is 35.7. The molecular formula is C9H10FN3O3S. The first kappa shape index (κ1) is 13.1. The van der Waals surface area contributed by atoms with E-state index in [-0.39, 0.29) is 10.5 Å². The highest BCUT2D eigenvalue weighted by molar-refractivity contribution is 7.90. The molecule has 3 N–H and O–H groups in total. The first-order valence-electron chi connectivity index (χ1n) is 4.39. The highest BCUT2D eigenvalue weighted by Crippen LogP contribution is 2.13. The van der Waals surface area contributed by atoms with Crippen molar-refractivity contribution in [3.05, 3.63) is 29.6 Å². The number of sulfone groups is 1. The average Bonchev–Trinajstić information content (AvgIpc) is 2.18. The molecule has 17 heavy (non-hydrogen) atoms. The topological polar surface area (TPSA) is 102 Å². The van der Waals surface area contributed by atoms with Crippen LogP contribution in [-0.2, 0) is 9.84 Å². The van der Waals surface area contributed by atoms with Gasteiger partial charge in [0, 0.05) is 11.8 Å². The summed E-state index contributed by atoms with van der Waals surface area (Å²) >= 11 is 0. The Morgan fingerprint density at radius 1 is 1.53 bits per heavy atom. The van der Waals surface area contributed by atoms with Gasteiger partial charge in [-0.2, -0.15) is 5.10 Å². The van der Waals surface area contributed by atoms with Crippen LogP contribution in [-0.4, -0.2) is 26.9 Å². The molecule has 1 rings (SSSR count). The average molecular weight is 259 g/mol. The molecule has 0 fully saturated rings. The van der Waals surface area contributed by atoms with E-state index in [1.165, 1.54) is 12.1 Å². The Morgan fingerprint density at radius 2 is 2.18 bits per heavy atom. The van der Waals surface area contributed by atoms with E-state index in [0.29, 0.717) is 0 Å². The summed E-state index contributed by atoms with van der Waals surface area (Å²) in [7, 11) is -3.45. The lowest BCUT2D eigenvalue weighted by Crippen LogP contribution is -2.24. The minimum atomic E-state index is -3.45. The van der Waals surface area contributed by atoms with Gasteiger partial charge in [-0.25, -0.2) is 23.0 Å². The Kier molecular flexibility index (Phi) is 3.79. The maximum Gasteiger partial charge on any atom is 0.332 e.